The van der Waals surface area contributed by atoms with Crippen LogP contribution in [0.5, 0.6) is 5.75 Å². The summed E-state index contributed by atoms with van der Waals surface area (Å²) in [7, 11) is 0. The average Bonchev–Trinajstić information content (AvgIpc) is 2.36. The Labute approximate surface area is 139 Å². The molecule has 0 heterocycles. The molecule has 0 bridgehead atoms. The molecule has 23 heavy (non-hydrogen) atoms. The molecular weight excluding hydrogens is 364 g/mol. The fourth-order valence-corrected chi connectivity index (χ4v) is 2.09. The molecule has 9 heteroatoms. The van der Waals surface area contributed by atoms with Crippen molar-refractivity contribution in [3.05, 3.63) is 64.2 Å². The van der Waals surface area contributed by atoms with Gasteiger partial charge in [0.25, 0.3) is 0 Å². The number of nitrogens with two attached hydrogens (primary N) is 1. The highest BCUT2D eigenvalue weighted by atomic mass is 35.5. The Balaban J connectivity index is 0.00000264. The van der Waals surface area contributed by atoms with E-state index in [0.29, 0.717) is 0 Å². The molecule has 0 amide bonds. The lowest BCUT2D eigenvalue weighted by Gasteiger charge is -2.15. The van der Waals surface area contributed by atoms with Crippen LogP contribution in [-0.4, -0.2) is 6.36 Å². The number of hydrogen-bond acceptors (Lipinski definition) is 2. The van der Waals surface area contributed by atoms with E-state index in [1.165, 1.54) is 12.1 Å². The van der Waals surface area contributed by atoms with Gasteiger partial charge in [-0.15, -0.1) is 25.6 Å². The second kappa shape index (κ2) is 7.33. The molecule has 2 nitrogen and oxygen atoms in total. The van der Waals surface area contributed by atoms with Gasteiger partial charge in [-0.3, -0.25) is 0 Å². The van der Waals surface area contributed by atoms with Crippen molar-refractivity contribution in [1.82, 2.24) is 0 Å². The highest BCUT2D eigenvalue weighted by Crippen LogP contribution is 2.29. The molecule has 0 fully saturated rings. The Morgan fingerprint density at radius 1 is 1.00 bits per heavy atom. The predicted molar refractivity (Wildman–Crippen MR) is 77.8 cm³/mol. The third-order valence-corrected chi connectivity index (χ3v) is 3.05. The van der Waals surface area contributed by atoms with Crippen LogP contribution in [-0.2, 0) is 0 Å². The van der Waals surface area contributed by atoms with E-state index in [4.69, 9.17) is 17.3 Å². The number of ether oxygens (including phenoxy) is 1. The molecule has 2 aromatic rings. The van der Waals surface area contributed by atoms with Crippen LogP contribution in [0.4, 0.5) is 22.0 Å². The summed E-state index contributed by atoms with van der Waals surface area (Å²) in [5, 5.41) is -0.125. The minimum atomic E-state index is -4.82. The number of alkyl halides is 3. The maximum Gasteiger partial charge on any atom is 0.573 e. The summed E-state index contributed by atoms with van der Waals surface area (Å²) in [6, 6.07) is 5.01. The molecule has 2 aromatic carbocycles. The molecule has 0 aromatic heterocycles. The van der Waals surface area contributed by atoms with Gasteiger partial charge in [-0.1, -0.05) is 23.7 Å². The van der Waals surface area contributed by atoms with Gasteiger partial charge in [-0.05, 0) is 29.8 Å². The summed E-state index contributed by atoms with van der Waals surface area (Å²) in [6.45, 7) is 0. The number of hydrogen-bond donors (Lipinski definition) is 1. The molecule has 0 saturated carbocycles. The molecule has 0 radical (unpaired) electrons. The van der Waals surface area contributed by atoms with Crippen molar-refractivity contribution < 1.29 is 26.7 Å². The molecule has 2 rings (SSSR count). The quantitative estimate of drug-likeness (QED) is 0.769. The fraction of sp³-hybridized carbons (Fsp3) is 0.143. The van der Waals surface area contributed by atoms with Crippen molar-refractivity contribution in [2.24, 2.45) is 5.73 Å². The molecule has 1 atom stereocenters. The van der Waals surface area contributed by atoms with Crippen LogP contribution < -0.4 is 10.5 Å². The van der Waals surface area contributed by atoms with Gasteiger partial charge in [0.05, 0.1) is 6.04 Å². The first-order valence-corrected chi connectivity index (χ1v) is 6.31. The van der Waals surface area contributed by atoms with Gasteiger partial charge in [-0.2, -0.15) is 0 Å². The van der Waals surface area contributed by atoms with Crippen LogP contribution in [0.1, 0.15) is 17.2 Å². The smallest absolute Gasteiger partial charge is 0.406 e. The lowest BCUT2D eigenvalue weighted by Crippen LogP contribution is -2.18. The van der Waals surface area contributed by atoms with E-state index < -0.39 is 35.4 Å². The van der Waals surface area contributed by atoms with Crippen molar-refractivity contribution >= 4 is 24.0 Å². The van der Waals surface area contributed by atoms with Crippen LogP contribution >= 0.6 is 24.0 Å². The van der Waals surface area contributed by atoms with Crippen LogP contribution in [0.3, 0.4) is 0 Å². The number of rotatable bonds is 3. The second-order valence-corrected chi connectivity index (χ2v) is 4.81. The van der Waals surface area contributed by atoms with E-state index in [0.717, 1.165) is 24.3 Å². The molecule has 0 unspecified atom stereocenters. The van der Waals surface area contributed by atoms with Crippen LogP contribution in [0.2, 0.25) is 5.02 Å². The third-order valence-electron chi connectivity index (χ3n) is 2.83. The van der Waals surface area contributed by atoms with Crippen LogP contribution in [0, 0.1) is 11.6 Å². The first kappa shape index (κ1) is 19.5. The van der Waals surface area contributed by atoms with Gasteiger partial charge in [0.15, 0.2) is 0 Å². The SMILES string of the molecule is Cl.N[C@H](c1ccc(OC(F)(F)F)cc1)c1c(F)cc(Cl)cc1F. The molecule has 2 N–H and O–H groups in total. The Kier molecular flexibility index (Phi) is 6.21. The van der Waals surface area contributed by atoms with Gasteiger partial charge in [0.1, 0.15) is 17.4 Å². The van der Waals surface area contributed by atoms with Crippen molar-refractivity contribution in [3.63, 3.8) is 0 Å². The zero-order valence-electron chi connectivity index (χ0n) is 11.2. The molecule has 126 valence electrons. The fourth-order valence-electron chi connectivity index (χ4n) is 1.89. The predicted octanol–water partition coefficient (Wildman–Crippen LogP) is 4.99. The molecule has 0 saturated heterocycles. The van der Waals surface area contributed by atoms with Crippen LogP contribution in [0.25, 0.3) is 0 Å². The maximum atomic E-state index is 13.8. The summed E-state index contributed by atoms with van der Waals surface area (Å²) in [5.41, 5.74) is 5.55. The van der Waals surface area contributed by atoms with Gasteiger partial charge in [-0.25, -0.2) is 8.78 Å². The first-order chi connectivity index (χ1) is 10.2. The highest BCUT2D eigenvalue weighted by Gasteiger charge is 2.31. The maximum absolute atomic E-state index is 13.8. The minimum absolute atomic E-state index is 0. The van der Waals surface area contributed by atoms with Crippen molar-refractivity contribution in [3.8, 4) is 5.75 Å². The van der Waals surface area contributed by atoms with Crippen molar-refractivity contribution in [1.29, 1.82) is 0 Å². The van der Waals surface area contributed by atoms with Crippen molar-refractivity contribution in [2.45, 2.75) is 12.4 Å². The summed E-state index contributed by atoms with van der Waals surface area (Å²) in [6.07, 6.45) is -4.82. The average molecular weight is 374 g/mol. The second-order valence-electron chi connectivity index (χ2n) is 4.38. The highest BCUT2D eigenvalue weighted by molar-refractivity contribution is 6.30. The van der Waals surface area contributed by atoms with E-state index in [2.05, 4.69) is 4.74 Å². The van der Waals surface area contributed by atoms with E-state index in [9.17, 15) is 22.0 Å². The summed E-state index contributed by atoms with van der Waals surface area (Å²) < 4.78 is 67.4. The summed E-state index contributed by atoms with van der Waals surface area (Å²) in [4.78, 5) is 0. The van der Waals surface area contributed by atoms with E-state index in [1.54, 1.807) is 0 Å². The summed E-state index contributed by atoms with van der Waals surface area (Å²) in [5.74, 6) is -2.33. The standard InChI is InChI=1S/C14H9ClF5NO.ClH/c15-8-5-10(16)12(11(17)6-8)13(21)7-1-3-9(4-2-7)22-14(18,19)20;/h1-6,13H,21H2;1H/t13-;/m1./s1. The Morgan fingerprint density at radius 3 is 1.91 bits per heavy atom. The lowest BCUT2D eigenvalue weighted by molar-refractivity contribution is -0.274. The van der Waals surface area contributed by atoms with Gasteiger partial charge < -0.3 is 10.5 Å². The number of benzene rings is 2. The Hall–Kier alpha value is -1.57. The normalized spacial score (nSPS) is 12.5. The first-order valence-electron chi connectivity index (χ1n) is 5.93. The van der Waals surface area contributed by atoms with E-state index in [-0.39, 0.29) is 23.0 Å². The van der Waals surface area contributed by atoms with E-state index >= 15 is 0 Å². The molecule has 0 spiro atoms. The molecule has 0 aliphatic carbocycles. The van der Waals surface area contributed by atoms with E-state index in [1.807, 2.05) is 0 Å². The van der Waals surface area contributed by atoms with Crippen molar-refractivity contribution in [2.75, 3.05) is 0 Å². The van der Waals surface area contributed by atoms with Gasteiger partial charge >= 0.3 is 6.36 Å². The van der Waals surface area contributed by atoms with Gasteiger partial charge in [0, 0.05) is 10.6 Å². The topological polar surface area (TPSA) is 35.2 Å². The summed E-state index contributed by atoms with van der Waals surface area (Å²) >= 11 is 5.51. The van der Waals surface area contributed by atoms with Gasteiger partial charge in [0.2, 0.25) is 0 Å². The zero-order chi connectivity index (χ0) is 16.5. The molecule has 0 aliphatic heterocycles. The lowest BCUT2D eigenvalue weighted by atomic mass is 9.98. The minimum Gasteiger partial charge on any atom is -0.406 e. The third kappa shape index (κ3) is 4.95. The number of halogens is 7. The Morgan fingerprint density at radius 2 is 1.48 bits per heavy atom. The molecular formula is C14H10Cl2F5NO. The largest absolute Gasteiger partial charge is 0.573 e. The monoisotopic (exact) mass is 373 g/mol. The van der Waals surface area contributed by atoms with Crippen LogP contribution in [0.15, 0.2) is 36.4 Å². The molecule has 0 aliphatic rings. The Bertz CT molecular complexity index is 653. The zero-order valence-corrected chi connectivity index (χ0v) is 12.8.